The number of rotatable bonds is 7. The molecule has 0 bridgehead atoms. The molecular formula is C20H27N2O7+. The summed E-state index contributed by atoms with van der Waals surface area (Å²) in [6.45, 7) is 3.02. The summed E-state index contributed by atoms with van der Waals surface area (Å²) in [7, 11) is 3.03. The molecule has 3 N–H and O–H groups in total. The van der Waals surface area contributed by atoms with Gasteiger partial charge in [-0.1, -0.05) is 0 Å². The van der Waals surface area contributed by atoms with E-state index >= 15 is 0 Å². The Morgan fingerprint density at radius 3 is 2.48 bits per heavy atom. The summed E-state index contributed by atoms with van der Waals surface area (Å²) in [5.41, 5.74) is -0.950. The maximum absolute atomic E-state index is 13.1. The van der Waals surface area contributed by atoms with Gasteiger partial charge in [-0.05, 0) is 26.0 Å². The Morgan fingerprint density at radius 2 is 1.93 bits per heavy atom. The molecule has 3 rings (SSSR count). The minimum Gasteiger partial charge on any atom is -0.497 e. The summed E-state index contributed by atoms with van der Waals surface area (Å²) in [4.78, 5) is 40.2. The summed E-state index contributed by atoms with van der Waals surface area (Å²) in [5.74, 6) is -2.32. The molecule has 1 aromatic carbocycles. The number of quaternary nitrogens is 1. The highest BCUT2D eigenvalue weighted by atomic mass is 16.5. The topological polar surface area (TPSA) is 119 Å². The van der Waals surface area contributed by atoms with Gasteiger partial charge >= 0.3 is 5.97 Å². The molecule has 9 heteroatoms. The van der Waals surface area contributed by atoms with E-state index in [1.165, 1.54) is 14.2 Å². The van der Waals surface area contributed by atoms with Gasteiger partial charge < -0.3 is 24.6 Å². The van der Waals surface area contributed by atoms with Crippen LogP contribution < -0.4 is 14.8 Å². The molecule has 4 atom stereocenters. The van der Waals surface area contributed by atoms with Gasteiger partial charge in [0, 0.05) is 12.6 Å². The predicted molar refractivity (Wildman–Crippen MR) is 100 cm³/mol. The largest absolute Gasteiger partial charge is 0.497 e. The van der Waals surface area contributed by atoms with Crippen molar-refractivity contribution >= 4 is 17.8 Å². The molecule has 2 aliphatic heterocycles. The van der Waals surface area contributed by atoms with Crippen LogP contribution in [0.5, 0.6) is 11.5 Å². The van der Waals surface area contributed by atoms with Crippen molar-refractivity contribution in [3.05, 3.63) is 23.8 Å². The molecular weight excluding hydrogens is 380 g/mol. The Hall–Kier alpha value is -2.65. The maximum atomic E-state index is 13.1. The highest BCUT2D eigenvalue weighted by molar-refractivity contribution is 6.08. The van der Waals surface area contributed by atoms with Crippen LogP contribution in [0, 0.1) is 11.8 Å². The third-order valence-corrected chi connectivity index (χ3v) is 5.89. The van der Waals surface area contributed by atoms with Gasteiger partial charge in [-0.15, -0.1) is 0 Å². The molecule has 2 heterocycles. The molecule has 2 amide bonds. The number of nitrogens with zero attached hydrogens (tertiary/aromatic N) is 1. The van der Waals surface area contributed by atoms with Gasteiger partial charge in [-0.2, -0.15) is 0 Å². The van der Waals surface area contributed by atoms with Crippen molar-refractivity contribution in [1.29, 1.82) is 0 Å². The lowest BCUT2D eigenvalue weighted by Gasteiger charge is -2.27. The van der Waals surface area contributed by atoms with Crippen LogP contribution in [0.25, 0.3) is 0 Å². The van der Waals surface area contributed by atoms with Gasteiger partial charge in [0.25, 0.3) is 0 Å². The van der Waals surface area contributed by atoms with Crippen LogP contribution in [0.15, 0.2) is 18.2 Å². The van der Waals surface area contributed by atoms with E-state index in [0.29, 0.717) is 17.1 Å². The molecule has 2 saturated heterocycles. The predicted octanol–water partition coefficient (Wildman–Crippen LogP) is -0.763. The van der Waals surface area contributed by atoms with Crippen molar-refractivity contribution in [1.82, 2.24) is 4.90 Å². The zero-order chi connectivity index (χ0) is 21.3. The van der Waals surface area contributed by atoms with Crippen LogP contribution in [-0.2, 0) is 19.1 Å². The Morgan fingerprint density at radius 1 is 1.21 bits per heavy atom. The first kappa shape index (κ1) is 21.1. The highest BCUT2D eigenvalue weighted by Gasteiger charge is 2.72. The molecule has 1 aromatic rings. The van der Waals surface area contributed by atoms with Crippen molar-refractivity contribution in [2.45, 2.75) is 25.4 Å². The van der Waals surface area contributed by atoms with E-state index in [9.17, 15) is 19.5 Å². The number of carbonyl (C=O) groups excluding carboxylic acids is 3. The first-order valence-corrected chi connectivity index (χ1v) is 9.61. The molecule has 0 saturated carbocycles. The van der Waals surface area contributed by atoms with Crippen LogP contribution in [0.2, 0.25) is 0 Å². The second kappa shape index (κ2) is 8.00. The molecule has 0 aromatic heterocycles. The molecule has 0 unspecified atom stereocenters. The summed E-state index contributed by atoms with van der Waals surface area (Å²) < 4.78 is 15.9. The number of amides is 2. The number of aliphatic hydroxyl groups excluding tert-OH is 1. The number of fused-ring (bicyclic) bond motifs is 1. The first-order valence-electron chi connectivity index (χ1n) is 9.61. The molecule has 0 radical (unpaired) electrons. The van der Waals surface area contributed by atoms with Crippen molar-refractivity contribution < 1.29 is 39.0 Å². The first-order chi connectivity index (χ1) is 13.9. The van der Waals surface area contributed by atoms with E-state index in [2.05, 4.69) is 0 Å². The van der Waals surface area contributed by atoms with Gasteiger partial charge in [0.05, 0.1) is 26.4 Å². The van der Waals surface area contributed by atoms with E-state index in [4.69, 9.17) is 14.2 Å². The number of ether oxygens (including phenoxy) is 3. The standard InChI is InChI=1S/C20H26N2O7/c1-5-22-17(24)14-15(18(22)25)20(10-23,19(26)29-6-2)21-16(14)12-8-7-11(27-3)9-13(12)28-4/h7-9,14-16,21,23H,5-6,10H2,1-4H3/p+1/t14-,15-,16+,20+/m0/s1. The number of benzene rings is 1. The third-order valence-electron chi connectivity index (χ3n) is 5.89. The number of imide groups is 1. The monoisotopic (exact) mass is 407 g/mol. The molecule has 2 fully saturated rings. The quantitative estimate of drug-likeness (QED) is 0.450. The average molecular weight is 407 g/mol. The number of aliphatic hydroxyl groups is 1. The molecule has 2 aliphatic rings. The summed E-state index contributed by atoms with van der Waals surface area (Å²) in [5, 5.41) is 11.8. The summed E-state index contributed by atoms with van der Waals surface area (Å²) in [6, 6.07) is 4.55. The van der Waals surface area contributed by atoms with Gasteiger partial charge in [0.2, 0.25) is 17.4 Å². The lowest BCUT2D eigenvalue weighted by atomic mass is 9.79. The second-order valence-electron chi connectivity index (χ2n) is 7.14. The molecule has 29 heavy (non-hydrogen) atoms. The SMILES string of the molecule is CCOC(=O)[C@]1(CO)[NH2+][C@H](c2ccc(OC)cc2OC)[C@H]2C(=O)N(CC)C(=O)[C@H]21. The van der Waals surface area contributed by atoms with E-state index in [-0.39, 0.29) is 19.1 Å². The number of esters is 1. The summed E-state index contributed by atoms with van der Waals surface area (Å²) in [6.07, 6.45) is 0. The van der Waals surface area contributed by atoms with Crippen LogP contribution >= 0.6 is 0 Å². The number of nitrogens with two attached hydrogens (primary N) is 1. The van der Waals surface area contributed by atoms with Crippen molar-refractivity contribution in [3.8, 4) is 11.5 Å². The van der Waals surface area contributed by atoms with E-state index in [1.54, 1.807) is 37.4 Å². The number of likely N-dealkylation sites (tertiary alicyclic amines) is 1. The van der Waals surface area contributed by atoms with E-state index in [0.717, 1.165) is 4.90 Å². The average Bonchev–Trinajstić information content (AvgIpc) is 3.21. The second-order valence-corrected chi connectivity index (χ2v) is 7.14. The molecule has 158 valence electrons. The fourth-order valence-corrected chi connectivity index (χ4v) is 4.55. The van der Waals surface area contributed by atoms with Crippen LogP contribution in [0.3, 0.4) is 0 Å². The molecule has 0 spiro atoms. The van der Waals surface area contributed by atoms with Crippen LogP contribution in [0.4, 0.5) is 0 Å². The minimum absolute atomic E-state index is 0.0992. The van der Waals surface area contributed by atoms with Crippen LogP contribution in [0.1, 0.15) is 25.5 Å². The highest BCUT2D eigenvalue weighted by Crippen LogP contribution is 2.46. The lowest BCUT2D eigenvalue weighted by Crippen LogP contribution is -2.99. The fraction of sp³-hybridized carbons (Fsp3) is 0.550. The van der Waals surface area contributed by atoms with Gasteiger partial charge in [-0.3, -0.25) is 14.5 Å². The zero-order valence-corrected chi connectivity index (χ0v) is 17.0. The van der Waals surface area contributed by atoms with Crippen molar-refractivity contribution in [3.63, 3.8) is 0 Å². The maximum Gasteiger partial charge on any atom is 0.371 e. The van der Waals surface area contributed by atoms with E-state index in [1.807, 2.05) is 0 Å². The Kier molecular flexibility index (Phi) is 5.81. The van der Waals surface area contributed by atoms with Crippen molar-refractivity contribution in [2.75, 3.05) is 34.0 Å². The van der Waals surface area contributed by atoms with Gasteiger partial charge in [0.1, 0.15) is 36.0 Å². The fourth-order valence-electron chi connectivity index (χ4n) is 4.55. The smallest absolute Gasteiger partial charge is 0.371 e. The van der Waals surface area contributed by atoms with E-state index < -0.39 is 41.9 Å². The lowest BCUT2D eigenvalue weighted by molar-refractivity contribution is -0.735. The van der Waals surface area contributed by atoms with Crippen molar-refractivity contribution in [2.24, 2.45) is 11.8 Å². The Balaban J connectivity index is 2.16. The number of methoxy groups -OCH3 is 2. The third kappa shape index (κ3) is 3.05. The summed E-state index contributed by atoms with van der Waals surface area (Å²) >= 11 is 0. The van der Waals surface area contributed by atoms with Gasteiger partial charge in [-0.25, -0.2) is 4.79 Å². The molecule has 9 nitrogen and oxygen atoms in total. The number of hydrogen-bond acceptors (Lipinski definition) is 7. The van der Waals surface area contributed by atoms with Crippen LogP contribution in [-0.4, -0.2) is 67.3 Å². The number of hydrogen-bond donors (Lipinski definition) is 2. The Bertz CT molecular complexity index is 827. The van der Waals surface area contributed by atoms with Gasteiger partial charge in [0.15, 0.2) is 0 Å². The Labute approximate surface area is 168 Å². The normalized spacial score (nSPS) is 28.4. The minimum atomic E-state index is -1.59. The number of carbonyl (C=O) groups is 3. The molecule has 0 aliphatic carbocycles. The zero-order valence-electron chi connectivity index (χ0n) is 17.0.